The molecule has 2 rings (SSSR count). The van der Waals surface area contributed by atoms with Crippen LogP contribution in [0.5, 0.6) is 0 Å². The average Bonchev–Trinajstić information content (AvgIpc) is 3.01. The maximum Gasteiger partial charge on any atom is 0.251 e. The third-order valence-electron chi connectivity index (χ3n) is 4.01. The third kappa shape index (κ3) is 3.95. The van der Waals surface area contributed by atoms with Gasteiger partial charge in [-0.2, -0.15) is 0 Å². The molecule has 0 spiro atoms. The van der Waals surface area contributed by atoms with Gasteiger partial charge in [-0.3, -0.25) is 10.6 Å². The molecule has 110 valence electrons. The number of carbonyl (C=O) groups excluding carboxylic acids is 1. The summed E-state index contributed by atoms with van der Waals surface area (Å²) in [5, 5.41) is 2.96. The summed E-state index contributed by atoms with van der Waals surface area (Å²) >= 11 is 0. The molecule has 0 saturated heterocycles. The standard InChI is InChI=1S/C15H24N4O/c1-19(14-4-2-3-5-14)11-10-17-15(20)12-6-8-13(18-16)9-7-12/h6-9,14,18H,2-5,10-11,16H2,1H3,(H,17,20). The highest BCUT2D eigenvalue weighted by molar-refractivity contribution is 5.94. The number of rotatable bonds is 6. The number of hydrogen-bond donors (Lipinski definition) is 3. The minimum atomic E-state index is -0.0339. The summed E-state index contributed by atoms with van der Waals surface area (Å²) in [7, 11) is 2.14. The fraction of sp³-hybridized carbons (Fsp3) is 0.533. The number of hydrazine groups is 1. The van der Waals surface area contributed by atoms with Crippen LogP contribution in [0.15, 0.2) is 24.3 Å². The number of likely N-dealkylation sites (N-methyl/N-ethyl adjacent to an activating group) is 1. The molecule has 0 aromatic heterocycles. The van der Waals surface area contributed by atoms with Gasteiger partial charge in [0.15, 0.2) is 0 Å². The van der Waals surface area contributed by atoms with E-state index in [0.29, 0.717) is 18.2 Å². The number of amides is 1. The van der Waals surface area contributed by atoms with E-state index in [-0.39, 0.29) is 5.91 Å². The molecule has 1 saturated carbocycles. The smallest absolute Gasteiger partial charge is 0.251 e. The Labute approximate surface area is 120 Å². The first-order valence-corrected chi connectivity index (χ1v) is 7.26. The molecule has 5 nitrogen and oxygen atoms in total. The molecule has 1 aliphatic carbocycles. The van der Waals surface area contributed by atoms with Crippen molar-refractivity contribution in [1.82, 2.24) is 10.2 Å². The minimum absolute atomic E-state index is 0.0339. The summed E-state index contributed by atoms with van der Waals surface area (Å²) in [5.74, 6) is 5.26. The Morgan fingerprint density at radius 1 is 1.30 bits per heavy atom. The van der Waals surface area contributed by atoms with E-state index in [4.69, 9.17) is 5.84 Å². The summed E-state index contributed by atoms with van der Waals surface area (Å²) < 4.78 is 0. The van der Waals surface area contributed by atoms with E-state index in [9.17, 15) is 4.79 Å². The molecule has 1 amide bonds. The number of benzene rings is 1. The van der Waals surface area contributed by atoms with Crippen LogP contribution in [-0.2, 0) is 0 Å². The van der Waals surface area contributed by atoms with Crippen molar-refractivity contribution in [1.29, 1.82) is 0 Å². The maximum absolute atomic E-state index is 12.0. The fourth-order valence-corrected chi connectivity index (χ4v) is 2.69. The van der Waals surface area contributed by atoms with Crippen molar-refractivity contribution in [2.45, 2.75) is 31.7 Å². The first kappa shape index (κ1) is 14.8. The minimum Gasteiger partial charge on any atom is -0.351 e. The molecular weight excluding hydrogens is 252 g/mol. The first-order chi connectivity index (χ1) is 9.70. The Balaban J connectivity index is 1.73. The van der Waals surface area contributed by atoms with Crippen LogP contribution in [0.2, 0.25) is 0 Å². The lowest BCUT2D eigenvalue weighted by Crippen LogP contribution is -2.37. The number of hydrogen-bond acceptors (Lipinski definition) is 4. The SMILES string of the molecule is CN(CCNC(=O)c1ccc(NN)cc1)C1CCCC1. The highest BCUT2D eigenvalue weighted by Gasteiger charge is 2.19. The summed E-state index contributed by atoms with van der Waals surface area (Å²) in [5.41, 5.74) is 4.00. The predicted molar refractivity (Wildman–Crippen MR) is 81.5 cm³/mol. The molecule has 0 heterocycles. The molecule has 1 aliphatic rings. The Kier molecular flexibility index (Phi) is 5.38. The molecule has 0 unspecified atom stereocenters. The number of nitrogens with two attached hydrogens (primary N) is 1. The van der Waals surface area contributed by atoms with Gasteiger partial charge < -0.3 is 15.6 Å². The van der Waals surface area contributed by atoms with Gasteiger partial charge in [0.05, 0.1) is 0 Å². The summed E-state index contributed by atoms with van der Waals surface area (Å²) in [6, 6.07) is 7.82. The number of nitrogens with zero attached hydrogens (tertiary/aromatic N) is 1. The lowest BCUT2D eigenvalue weighted by Gasteiger charge is -2.23. The number of nitrogens with one attached hydrogen (secondary N) is 2. The number of carbonyl (C=O) groups is 1. The molecule has 4 N–H and O–H groups in total. The van der Waals surface area contributed by atoms with Crippen molar-refractivity contribution in [2.24, 2.45) is 5.84 Å². The van der Waals surface area contributed by atoms with E-state index >= 15 is 0 Å². The Morgan fingerprint density at radius 3 is 2.55 bits per heavy atom. The summed E-state index contributed by atoms with van der Waals surface area (Å²) in [6.45, 7) is 1.58. The van der Waals surface area contributed by atoms with Crippen molar-refractivity contribution >= 4 is 11.6 Å². The normalized spacial score (nSPS) is 15.6. The molecule has 20 heavy (non-hydrogen) atoms. The van der Waals surface area contributed by atoms with Crippen LogP contribution < -0.4 is 16.6 Å². The highest BCUT2D eigenvalue weighted by Crippen LogP contribution is 2.21. The molecule has 0 atom stereocenters. The Hall–Kier alpha value is -1.59. The van der Waals surface area contributed by atoms with Crippen LogP contribution in [0.4, 0.5) is 5.69 Å². The quantitative estimate of drug-likeness (QED) is 0.545. The van der Waals surface area contributed by atoms with Gasteiger partial charge in [0.25, 0.3) is 5.91 Å². The van der Waals surface area contributed by atoms with Gasteiger partial charge in [0, 0.05) is 30.4 Å². The van der Waals surface area contributed by atoms with Crippen LogP contribution in [-0.4, -0.2) is 37.0 Å². The second-order valence-electron chi connectivity index (χ2n) is 5.40. The Morgan fingerprint density at radius 2 is 1.95 bits per heavy atom. The van der Waals surface area contributed by atoms with Crippen LogP contribution in [0.25, 0.3) is 0 Å². The van der Waals surface area contributed by atoms with E-state index in [1.165, 1.54) is 25.7 Å². The van der Waals surface area contributed by atoms with Gasteiger partial charge in [-0.05, 0) is 44.2 Å². The van der Waals surface area contributed by atoms with Gasteiger partial charge >= 0.3 is 0 Å². The molecule has 1 aromatic rings. The second kappa shape index (κ2) is 7.26. The topological polar surface area (TPSA) is 70.4 Å². The van der Waals surface area contributed by atoms with Gasteiger partial charge in [0.2, 0.25) is 0 Å². The largest absolute Gasteiger partial charge is 0.351 e. The third-order valence-corrected chi connectivity index (χ3v) is 4.01. The van der Waals surface area contributed by atoms with E-state index < -0.39 is 0 Å². The Bertz CT molecular complexity index is 426. The molecule has 0 aliphatic heterocycles. The van der Waals surface area contributed by atoms with Crippen molar-refractivity contribution in [2.75, 3.05) is 25.6 Å². The zero-order valence-corrected chi connectivity index (χ0v) is 12.1. The monoisotopic (exact) mass is 276 g/mol. The molecule has 1 fully saturated rings. The van der Waals surface area contributed by atoms with Crippen LogP contribution in [0, 0.1) is 0 Å². The second-order valence-corrected chi connectivity index (χ2v) is 5.40. The lowest BCUT2D eigenvalue weighted by atomic mass is 10.2. The zero-order chi connectivity index (χ0) is 14.4. The molecule has 1 aromatic carbocycles. The van der Waals surface area contributed by atoms with Crippen LogP contribution in [0.1, 0.15) is 36.0 Å². The van der Waals surface area contributed by atoms with Crippen molar-refractivity contribution < 1.29 is 4.79 Å². The predicted octanol–water partition coefficient (Wildman–Crippen LogP) is 1.58. The summed E-state index contributed by atoms with van der Waals surface area (Å²) in [6.07, 6.45) is 5.25. The molecular formula is C15H24N4O. The number of anilines is 1. The first-order valence-electron chi connectivity index (χ1n) is 7.26. The highest BCUT2D eigenvalue weighted by atomic mass is 16.1. The van der Waals surface area contributed by atoms with Crippen LogP contribution >= 0.6 is 0 Å². The summed E-state index contributed by atoms with van der Waals surface area (Å²) in [4.78, 5) is 14.3. The van der Waals surface area contributed by atoms with Gasteiger partial charge in [-0.15, -0.1) is 0 Å². The fourth-order valence-electron chi connectivity index (χ4n) is 2.69. The van der Waals surface area contributed by atoms with Gasteiger partial charge in [-0.25, -0.2) is 0 Å². The van der Waals surface area contributed by atoms with E-state index in [0.717, 1.165) is 12.2 Å². The van der Waals surface area contributed by atoms with Gasteiger partial charge in [-0.1, -0.05) is 12.8 Å². The van der Waals surface area contributed by atoms with Crippen LogP contribution in [0.3, 0.4) is 0 Å². The maximum atomic E-state index is 12.0. The van der Waals surface area contributed by atoms with Crippen molar-refractivity contribution in [3.05, 3.63) is 29.8 Å². The van der Waals surface area contributed by atoms with E-state index in [1.54, 1.807) is 24.3 Å². The lowest BCUT2D eigenvalue weighted by molar-refractivity contribution is 0.0947. The van der Waals surface area contributed by atoms with Crippen molar-refractivity contribution in [3.8, 4) is 0 Å². The molecule has 0 radical (unpaired) electrons. The zero-order valence-electron chi connectivity index (χ0n) is 12.1. The van der Waals surface area contributed by atoms with Gasteiger partial charge in [0.1, 0.15) is 0 Å². The molecule has 5 heteroatoms. The van der Waals surface area contributed by atoms with Crippen molar-refractivity contribution in [3.63, 3.8) is 0 Å². The number of nitrogen functional groups attached to an aromatic ring is 1. The van der Waals surface area contributed by atoms with E-state index in [1.807, 2.05) is 0 Å². The molecule has 0 bridgehead atoms. The van der Waals surface area contributed by atoms with E-state index in [2.05, 4.69) is 22.7 Å². The average molecular weight is 276 g/mol.